The summed E-state index contributed by atoms with van der Waals surface area (Å²) in [6, 6.07) is 7.18. The summed E-state index contributed by atoms with van der Waals surface area (Å²) in [6.45, 7) is 0. The van der Waals surface area contributed by atoms with Crippen molar-refractivity contribution < 1.29 is 32.5 Å². The smallest absolute Gasteiger partial charge is 0.420 e. The van der Waals surface area contributed by atoms with E-state index in [1.165, 1.54) is 24.3 Å². The first-order valence-electron chi connectivity index (χ1n) is 8.77. The minimum Gasteiger partial charge on any atom is -0.424 e. The maximum atomic E-state index is 13.5. The number of rotatable bonds is 5. The number of nitrogens with one attached hydrogen (secondary N) is 1. The van der Waals surface area contributed by atoms with E-state index in [0.717, 1.165) is 24.5 Å². The number of aromatic nitrogens is 2. The van der Waals surface area contributed by atoms with E-state index in [2.05, 4.69) is 9.97 Å². The molecule has 0 unspecified atom stereocenters. The average Bonchev–Trinajstić information content (AvgIpc) is 2.76. The molecule has 0 fully saturated rings. The van der Waals surface area contributed by atoms with Gasteiger partial charge in [0.2, 0.25) is 0 Å². The number of imide groups is 1. The summed E-state index contributed by atoms with van der Waals surface area (Å²) in [5.74, 6) is -1.98. The third-order valence-corrected chi connectivity index (χ3v) is 4.10. The number of hydrogen-bond donors (Lipinski definition) is 1. The molecule has 0 aliphatic heterocycles. The molecule has 0 saturated heterocycles. The zero-order valence-corrected chi connectivity index (χ0v) is 16.9. The lowest BCUT2D eigenvalue weighted by Gasteiger charge is -2.16. The molecule has 10 nitrogen and oxygen atoms in total. The van der Waals surface area contributed by atoms with Gasteiger partial charge >= 0.3 is 24.1 Å². The number of urea groups is 1. The van der Waals surface area contributed by atoms with Crippen molar-refractivity contribution in [3.8, 4) is 11.8 Å². The molecule has 33 heavy (non-hydrogen) atoms. The van der Waals surface area contributed by atoms with Gasteiger partial charge < -0.3 is 10.1 Å². The molecule has 14 heteroatoms. The Kier molecular flexibility index (Phi) is 6.72. The van der Waals surface area contributed by atoms with E-state index in [0.29, 0.717) is 6.07 Å². The summed E-state index contributed by atoms with van der Waals surface area (Å²) < 4.78 is 45.7. The quantitative estimate of drug-likeness (QED) is 0.409. The number of alkyl halides is 3. The van der Waals surface area contributed by atoms with Gasteiger partial charge in [-0.2, -0.15) is 13.2 Å². The number of nitro groups is 1. The number of anilines is 1. The number of nitrogens with zero attached hydrogens (tertiary/aromatic N) is 4. The third-order valence-electron chi connectivity index (χ3n) is 3.90. The lowest BCUT2D eigenvalue weighted by Crippen LogP contribution is -2.44. The van der Waals surface area contributed by atoms with Gasteiger partial charge in [0.1, 0.15) is 11.3 Å². The molecule has 1 N–H and O–H groups in total. The summed E-state index contributed by atoms with van der Waals surface area (Å²) >= 11 is 5.62. The summed E-state index contributed by atoms with van der Waals surface area (Å²) in [6.07, 6.45) is -2.71. The lowest BCUT2D eigenvalue weighted by molar-refractivity contribution is -0.609. The second-order valence-electron chi connectivity index (χ2n) is 6.15. The molecule has 0 spiro atoms. The molecule has 0 atom stereocenters. The zero-order chi connectivity index (χ0) is 24.2. The predicted octanol–water partition coefficient (Wildman–Crippen LogP) is 4.81. The van der Waals surface area contributed by atoms with Crippen LogP contribution in [0.4, 0.5) is 23.7 Å². The highest BCUT2D eigenvalue weighted by atomic mass is 35.5. The molecule has 3 aromatic rings. The zero-order valence-electron chi connectivity index (χ0n) is 16.1. The second-order valence-corrected chi connectivity index (χ2v) is 6.58. The molecule has 0 saturated carbocycles. The fourth-order valence-corrected chi connectivity index (χ4v) is 2.59. The molecule has 1 aromatic heterocycles. The Morgan fingerprint density at radius 1 is 1.09 bits per heavy atom. The molecular formula is C19H11ClF3N5O5. The van der Waals surface area contributed by atoms with Crippen LogP contribution >= 0.6 is 11.6 Å². The van der Waals surface area contributed by atoms with Crippen molar-refractivity contribution in [1.82, 2.24) is 15.0 Å². The van der Waals surface area contributed by atoms with Crippen molar-refractivity contribution in [1.29, 1.82) is 0 Å². The van der Waals surface area contributed by atoms with Crippen LogP contribution in [0.5, 0.6) is 11.8 Å². The number of hydrazine groups is 1. The SMILES string of the molecule is O=C(Nc1ccc(Oc2ncc(Cl)cn2)c(C(F)(F)F)c1)N(C(=O)c1ccccc1)[N+](=O)[O-]. The highest BCUT2D eigenvalue weighted by Gasteiger charge is 2.37. The van der Waals surface area contributed by atoms with Crippen molar-refractivity contribution in [3.63, 3.8) is 0 Å². The highest BCUT2D eigenvalue weighted by molar-refractivity contribution is 6.30. The van der Waals surface area contributed by atoms with Crippen molar-refractivity contribution in [2.24, 2.45) is 0 Å². The summed E-state index contributed by atoms with van der Waals surface area (Å²) in [5, 5.41) is 11.7. The van der Waals surface area contributed by atoms with Crippen molar-refractivity contribution in [2.75, 3.05) is 5.32 Å². The Labute approximate surface area is 187 Å². The molecule has 0 radical (unpaired) electrons. The molecule has 0 bridgehead atoms. The van der Waals surface area contributed by atoms with Crippen LogP contribution in [-0.4, -0.2) is 31.9 Å². The van der Waals surface area contributed by atoms with Gasteiger partial charge in [0.05, 0.1) is 17.4 Å². The summed E-state index contributed by atoms with van der Waals surface area (Å²) in [4.78, 5) is 43.2. The molecule has 170 valence electrons. The monoisotopic (exact) mass is 481 g/mol. The molecule has 2 aromatic carbocycles. The van der Waals surface area contributed by atoms with Gasteiger partial charge in [-0.15, -0.1) is 0 Å². The number of ether oxygens (including phenoxy) is 1. The fourth-order valence-electron chi connectivity index (χ4n) is 2.49. The first-order valence-corrected chi connectivity index (χ1v) is 9.15. The van der Waals surface area contributed by atoms with Crippen molar-refractivity contribution in [3.05, 3.63) is 87.2 Å². The van der Waals surface area contributed by atoms with Gasteiger partial charge in [-0.1, -0.05) is 29.8 Å². The van der Waals surface area contributed by atoms with E-state index in [4.69, 9.17) is 16.3 Å². The third kappa shape index (κ3) is 5.71. The number of carbonyl (C=O) groups is 2. The first kappa shape index (κ1) is 23.4. The number of hydrogen-bond acceptors (Lipinski definition) is 7. The Morgan fingerprint density at radius 2 is 1.73 bits per heavy atom. The van der Waals surface area contributed by atoms with Gasteiger partial charge in [0.25, 0.3) is 0 Å². The molecule has 1 heterocycles. The number of benzene rings is 2. The largest absolute Gasteiger partial charge is 0.424 e. The van der Waals surface area contributed by atoms with Crippen molar-refractivity contribution in [2.45, 2.75) is 6.18 Å². The molecule has 3 rings (SSSR count). The van der Waals surface area contributed by atoms with Crippen LogP contribution in [0, 0.1) is 10.1 Å². The van der Waals surface area contributed by atoms with Gasteiger partial charge in [0, 0.05) is 16.3 Å². The van der Waals surface area contributed by atoms with Crippen LogP contribution in [0.25, 0.3) is 0 Å². The first-order chi connectivity index (χ1) is 15.6. The van der Waals surface area contributed by atoms with E-state index in [1.54, 1.807) is 6.07 Å². The Balaban J connectivity index is 1.87. The van der Waals surface area contributed by atoms with Gasteiger partial charge in [-0.05, 0) is 30.3 Å². The van der Waals surface area contributed by atoms with Crippen LogP contribution in [0.1, 0.15) is 15.9 Å². The van der Waals surface area contributed by atoms with Crippen LogP contribution in [-0.2, 0) is 6.18 Å². The lowest BCUT2D eigenvalue weighted by atomic mass is 10.1. The van der Waals surface area contributed by atoms with E-state index < -0.39 is 46.2 Å². The molecular weight excluding hydrogens is 471 g/mol. The minimum absolute atomic E-state index is 0.136. The van der Waals surface area contributed by atoms with E-state index in [9.17, 15) is 32.9 Å². The average molecular weight is 482 g/mol. The van der Waals surface area contributed by atoms with Gasteiger partial charge in [-0.3, -0.25) is 4.79 Å². The Hall–Kier alpha value is -4.26. The Bertz CT molecular complexity index is 1190. The van der Waals surface area contributed by atoms with Crippen molar-refractivity contribution >= 4 is 29.2 Å². The van der Waals surface area contributed by atoms with E-state index in [1.807, 2.05) is 5.32 Å². The Morgan fingerprint density at radius 3 is 2.30 bits per heavy atom. The van der Waals surface area contributed by atoms with Crippen LogP contribution in [0.15, 0.2) is 60.9 Å². The number of halogens is 4. The number of amides is 3. The topological polar surface area (TPSA) is 128 Å². The summed E-state index contributed by atoms with van der Waals surface area (Å²) in [5.41, 5.74) is -1.99. The van der Waals surface area contributed by atoms with Gasteiger partial charge in [-0.25, -0.2) is 24.9 Å². The van der Waals surface area contributed by atoms with Gasteiger partial charge in [0.15, 0.2) is 5.03 Å². The highest BCUT2D eigenvalue weighted by Crippen LogP contribution is 2.39. The van der Waals surface area contributed by atoms with Crippen LogP contribution in [0.3, 0.4) is 0 Å². The fraction of sp³-hybridized carbons (Fsp3) is 0.0526. The maximum Gasteiger partial charge on any atom is 0.420 e. The van der Waals surface area contributed by atoms with E-state index in [-0.39, 0.29) is 15.6 Å². The maximum absolute atomic E-state index is 13.5. The normalized spacial score (nSPS) is 10.9. The van der Waals surface area contributed by atoms with Crippen LogP contribution < -0.4 is 10.1 Å². The predicted molar refractivity (Wildman–Crippen MR) is 107 cm³/mol. The van der Waals surface area contributed by atoms with Crippen LogP contribution in [0.2, 0.25) is 5.02 Å². The standard InChI is InChI=1S/C19H11ClF3N5O5/c20-12-9-24-17(25-10-12)33-15-7-6-13(8-14(15)19(21,22)23)26-18(30)27(28(31)32)16(29)11-4-2-1-3-5-11/h1-10H,(H,26,30). The minimum atomic E-state index is -4.94. The molecule has 3 amide bonds. The second kappa shape index (κ2) is 9.48. The summed E-state index contributed by atoms with van der Waals surface area (Å²) in [7, 11) is 0. The molecule has 0 aliphatic carbocycles. The number of carbonyl (C=O) groups excluding carboxylic acids is 2. The van der Waals surface area contributed by atoms with E-state index >= 15 is 0 Å². The molecule has 0 aliphatic rings.